The summed E-state index contributed by atoms with van der Waals surface area (Å²) < 4.78 is 123. The number of hydrogen-bond acceptors (Lipinski definition) is 5. The topological polar surface area (TPSA) is 30.9 Å². The highest BCUT2D eigenvalue weighted by Gasteiger charge is 2.25. The molecule has 0 saturated carbocycles. The van der Waals surface area contributed by atoms with Crippen molar-refractivity contribution in [2.24, 2.45) is 4.99 Å². The van der Waals surface area contributed by atoms with E-state index in [1.54, 1.807) is 12.1 Å². The Morgan fingerprint density at radius 3 is 3.00 bits per heavy atom. The molecule has 3 heterocycles. The highest BCUT2D eigenvalue weighted by atomic mass is 32.1. The maximum atomic E-state index is 8.61. The lowest BCUT2D eigenvalue weighted by atomic mass is 10.2. The van der Waals surface area contributed by atoms with E-state index in [9.17, 15) is 0 Å². The van der Waals surface area contributed by atoms with E-state index in [1.165, 1.54) is 12.1 Å². The van der Waals surface area contributed by atoms with Crippen molar-refractivity contribution >= 4 is 33.5 Å². The third-order valence-electron chi connectivity index (χ3n) is 3.03. The van der Waals surface area contributed by atoms with E-state index in [-0.39, 0.29) is 21.3 Å². The van der Waals surface area contributed by atoms with Gasteiger partial charge in [0.2, 0.25) is 0 Å². The Bertz CT molecular complexity index is 1250. The number of para-hydroxylation sites is 2. The molecule has 0 amide bonds. The van der Waals surface area contributed by atoms with Gasteiger partial charge >= 0.3 is 0 Å². The van der Waals surface area contributed by atoms with Crippen molar-refractivity contribution in [3.05, 3.63) is 40.7 Å². The molecule has 0 unspecified atom stereocenters. The number of amidine groups is 1. The maximum absolute atomic E-state index is 8.61. The minimum atomic E-state index is -3.67. The van der Waals surface area contributed by atoms with Crippen LogP contribution in [0.5, 0.6) is 0 Å². The Kier molecular flexibility index (Phi) is 1.25. The van der Waals surface area contributed by atoms with Crippen LogP contribution < -0.4 is 5.32 Å². The zero-order chi connectivity index (χ0) is 28.1. The molecule has 0 radical (unpaired) electrons. The van der Waals surface area contributed by atoms with Gasteiger partial charge in [-0.3, -0.25) is 0 Å². The summed E-state index contributed by atoms with van der Waals surface area (Å²) in [6.07, 6.45) is 0. The van der Waals surface area contributed by atoms with Crippen molar-refractivity contribution in [3.63, 3.8) is 0 Å². The Morgan fingerprint density at radius 1 is 1.32 bits per heavy atom. The summed E-state index contributed by atoms with van der Waals surface area (Å²) in [4.78, 5) is 3.42. The van der Waals surface area contributed by atoms with Gasteiger partial charge in [0.15, 0.2) is 0 Å². The summed E-state index contributed by atoms with van der Waals surface area (Å²) in [7, 11) is 0. The largest absolute Gasteiger partial charge is 0.353 e. The molecule has 2 aromatic rings. The normalized spacial score (nSPS) is 38.5. The molecule has 4 nitrogen and oxygen atoms in total. The van der Waals surface area contributed by atoms with Gasteiger partial charge in [-0.1, -0.05) is 12.1 Å². The monoisotopic (exact) mass is 327 g/mol. The van der Waals surface area contributed by atoms with Crippen LogP contribution in [0.2, 0.25) is 0 Å². The van der Waals surface area contributed by atoms with Crippen LogP contribution in [-0.4, -0.2) is 48.6 Å². The number of thiophene rings is 1. The van der Waals surface area contributed by atoms with Crippen molar-refractivity contribution in [2.45, 2.75) is 6.85 Å². The summed E-state index contributed by atoms with van der Waals surface area (Å²) in [6.45, 7) is -20.9. The van der Waals surface area contributed by atoms with Gasteiger partial charge in [0.1, 0.15) is 10.8 Å². The van der Waals surface area contributed by atoms with Crippen LogP contribution in [0.3, 0.4) is 0 Å². The van der Waals surface area contributed by atoms with Crippen LogP contribution >= 0.6 is 11.3 Å². The van der Waals surface area contributed by atoms with E-state index >= 15 is 0 Å². The van der Waals surface area contributed by atoms with Crippen LogP contribution in [-0.2, 0) is 0 Å². The summed E-state index contributed by atoms with van der Waals surface area (Å²) >= 11 is 0.617. The van der Waals surface area contributed by atoms with Crippen molar-refractivity contribution in [2.75, 3.05) is 38.3 Å². The maximum Gasteiger partial charge on any atom is 0.139 e. The number of rotatable bonds is 0. The van der Waals surface area contributed by atoms with E-state index in [4.69, 9.17) is 20.6 Å². The fourth-order valence-electron chi connectivity index (χ4n) is 2.09. The smallest absolute Gasteiger partial charge is 0.139 e. The van der Waals surface area contributed by atoms with Crippen LogP contribution in [0, 0.1) is 6.85 Å². The second-order valence-electron chi connectivity index (χ2n) is 4.46. The Balaban J connectivity index is 2.10. The number of piperazine rings is 1. The molecule has 0 atom stereocenters. The van der Waals surface area contributed by atoms with E-state index in [2.05, 4.69) is 10.3 Å². The molecule has 2 aliphatic heterocycles. The van der Waals surface area contributed by atoms with Gasteiger partial charge in [-0.2, -0.15) is 0 Å². The molecule has 5 heteroatoms. The molecular weight excluding hydrogens is 292 g/mol. The minimum absolute atomic E-state index is 0.0363. The predicted octanol–water partition coefficient (Wildman–Crippen LogP) is 3.44. The Labute approximate surface area is 156 Å². The van der Waals surface area contributed by atoms with Gasteiger partial charge in [0, 0.05) is 44.6 Å². The number of hydrogen-bond donors (Lipinski definition) is 1. The zero-order valence-corrected chi connectivity index (χ0v) is 11.9. The predicted molar refractivity (Wildman–Crippen MR) is 94.0 cm³/mol. The average Bonchev–Trinajstić information content (AvgIpc) is 2.92. The van der Waals surface area contributed by atoms with Crippen molar-refractivity contribution in [1.29, 1.82) is 0 Å². The number of aliphatic imine (C=N–C) groups is 1. The number of likely N-dealkylation sites (N-methyl/N-ethyl adjacent to an activating group) is 1. The molecule has 0 aliphatic carbocycles. The highest BCUT2D eigenvalue weighted by Crippen LogP contribution is 2.39. The molecule has 22 heavy (non-hydrogen) atoms. The SMILES string of the molecule is [2H]c1c(C([2H])([2H])[2H])sc2c1C(N1C([2H])([2H])C([2H])([2H])N(C([2H])([2H])[2H])C([2H])([2H])C1([2H])[2H])=Nc1ccccc1N2. The fourth-order valence-corrected chi connectivity index (χ4v) is 2.85. The molecule has 0 bridgehead atoms. The Hall–Kier alpha value is -1.85. The molecule has 4 rings (SSSR count). The number of aryl methyl sites for hydroxylation is 1. The molecule has 1 saturated heterocycles. The lowest BCUT2D eigenvalue weighted by molar-refractivity contribution is 0.216. The summed E-state index contributed by atoms with van der Waals surface area (Å²) in [6, 6.07) is 5.48. The van der Waals surface area contributed by atoms with Crippen LogP contribution in [0.25, 0.3) is 0 Å². The first-order chi connectivity index (χ1) is 16.6. The molecule has 2 aliphatic rings. The van der Waals surface area contributed by atoms with Gasteiger partial charge in [-0.05, 0) is 32.0 Å². The first kappa shape index (κ1) is 5.08. The number of fused-ring (bicyclic) bond motifs is 2. The molecule has 1 N–H and O–H groups in total. The van der Waals surface area contributed by atoms with Crippen molar-refractivity contribution in [3.8, 4) is 0 Å². The van der Waals surface area contributed by atoms with Gasteiger partial charge < -0.3 is 15.1 Å². The van der Waals surface area contributed by atoms with E-state index in [1.807, 2.05) is 0 Å². The fraction of sp³-hybridized carbons (Fsp3) is 0.353. The number of anilines is 2. The third-order valence-corrected chi connectivity index (χ3v) is 3.85. The minimum Gasteiger partial charge on any atom is -0.353 e. The molecule has 1 aromatic carbocycles. The van der Waals surface area contributed by atoms with E-state index in [0.29, 0.717) is 11.3 Å². The van der Waals surface area contributed by atoms with E-state index in [0.717, 1.165) is 0 Å². The van der Waals surface area contributed by atoms with Crippen LogP contribution in [0.4, 0.5) is 16.4 Å². The third kappa shape index (κ3) is 2.40. The lowest BCUT2D eigenvalue weighted by Gasteiger charge is -2.34. The van der Waals surface area contributed by atoms with Crippen LogP contribution in [0.15, 0.2) is 35.3 Å². The van der Waals surface area contributed by atoms with Gasteiger partial charge in [-0.15, -0.1) is 11.3 Å². The first-order valence-corrected chi connectivity index (χ1v) is 7.09. The standard InChI is InChI=1S/C17H20N4S/c1-12-11-13-16(21-9-7-20(2)8-10-21)18-14-5-3-4-6-15(14)19-17(13)22-12/h3-6,11,19H,7-10H2,1-2H3/i1D3,2D3,7D2,8D2,9D2,10D2,11D. The second-order valence-corrected chi connectivity index (χ2v) is 5.48. The highest BCUT2D eigenvalue weighted by molar-refractivity contribution is 7.16. The molecular formula is C17H20N4S. The second kappa shape index (κ2) is 5.41. The number of benzene rings is 1. The average molecular weight is 328 g/mol. The number of nitrogens with zero attached hydrogens (tertiary/aromatic N) is 3. The molecule has 1 fully saturated rings. The quantitative estimate of drug-likeness (QED) is 0.804. The van der Waals surface area contributed by atoms with Crippen molar-refractivity contribution < 1.29 is 20.6 Å². The Morgan fingerprint density at radius 2 is 2.18 bits per heavy atom. The van der Waals surface area contributed by atoms with E-state index < -0.39 is 67.0 Å². The molecule has 1 aromatic heterocycles. The van der Waals surface area contributed by atoms with Gasteiger partial charge in [0.25, 0.3) is 0 Å². The van der Waals surface area contributed by atoms with Gasteiger partial charge in [-0.25, -0.2) is 4.99 Å². The summed E-state index contributed by atoms with van der Waals surface area (Å²) in [5.74, 6) is -0.767. The van der Waals surface area contributed by atoms with Gasteiger partial charge in [0.05, 0.1) is 23.8 Å². The number of nitrogens with one attached hydrogen (secondary N) is 1. The van der Waals surface area contributed by atoms with Crippen molar-refractivity contribution in [1.82, 2.24) is 9.80 Å². The zero-order valence-electron chi connectivity index (χ0n) is 26.1. The lowest BCUT2D eigenvalue weighted by Crippen LogP contribution is -2.47. The summed E-state index contributed by atoms with van der Waals surface area (Å²) in [5, 5.41) is 2.87. The molecule has 0 spiro atoms. The summed E-state index contributed by atoms with van der Waals surface area (Å²) in [5.41, 5.74) is -0.0268. The van der Waals surface area contributed by atoms with Crippen LogP contribution in [0.1, 0.15) is 31.0 Å². The first-order valence-electron chi connectivity index (χ1n) is 13.8. The molecule has 114 valence electrons.